The second kappa shape index (κ2) is 17.0. The van der Waals surface area contributed by atoms with Crippen LogP contribution in [0, 0.1) is 17.0 Å². The average Bonchev–Trinajstić information content (AvgIpc) is 2.89. The Kier molecular flexibility index (Phi) is 14.2. The molecule has 1 aromatic carbocycles. The number of carbonyl (C=O) groups is 4. The number of alkyl halides is 3. The van der Waals surface area contributed by atoms with E-state index in [9.17, 15) is 37.7 Å². The zero-order chi connectivity index (χ0) is 31.0. The first-order valence-corrected chi connectivity index (χ1v) is 12.2. The number of ether oxygens (including phenoxy) is 1. The van der Waals surface area contributed by atoms with Crippen molar-refractivity contribution < 1.29 is 47.1 Å². The van der Waals surface area contributed by atoms with E-state index in [1.165, 1.54) is 18.2 Å². The number of hydrogen-bond donors (Lipinski definition) is 4. The van der Waals surface area contributed by atoms with E-state index >= 15 is 0 Å². The van der Waals surface area contributed by atoms with Crippen LogP contribution in [0.4, 0.5) is 24.7 Å². The van der Waals surface area contributed by atoms with Gasteiger partial charge < -0.3 is 25.8 Å². The number of carboxylic acid groups (broad SMARTS) is 1. The monoisotopic (exact) mass is 585 g/mol. The van der Waals surface area contributed by atoms with Crippen molar-refractivity contribution in [1.29, 1.82) is 0 Å². The number of nitro groups is 1. The molecule has 0 fully saturated rings. The Balaban J connectivity index is 0.00000106. The van der Waals surface area contributed by atoms with Gasteiger partial charge in [-0.2, -0.15) is 13.2 Å². The first kappa shape index (κ1) is 34.3. The molecule has 0 saturated heterocycles. The zero-order valence-electron chi connectivity index (χ0n) is 22.2. The molecule has 13 nitrogen and oxygen atoms in total. The zero-order valence-corrected chi connectivity index (χ0v) is 22.2. The predicted octanol–water partition coefficient (Wildman–Crippen LogP) is 3.05. The molecule has 0 spiro atoms. The van der Waals surface area contributed by atoms with Crippen LogP contribution in [0.1, 0.15) is 43.4 Å². The lowest BCUT2D eigenvalue weighted by molar-refractivity contribution is -0.384. The molecule has 16 heteroatoms. The maximum Gasteiger partial charge on any atom is 0.490 e. The van der Waals surface area contributed by atoms with Crippen LogP contribution >= 0.6 is 0 Å². The maximum absolute atomic E-state index is 12.4. The minimum absolute atomic E-state index is 0.164. The van der Waals surface area contributed by atoms with E-state index in [1.54, 1.807) is 19.2 Å². The smallest absolute Gasteiger partial charge is 0.475 e. The van der Waals surface area contributed by atoms with Crippen LogP contribution in [0.3, 0.4) is 0 Å². The van der Waals surface area contributed by atoms with Crippen LogP contribution < -0.4 is 16.0 Å². The third kappa shape index (κ3) is 14.3. The minimum atomic E-state index is -5.08. The third-order valence-electron chi connectivity index (χ3n) is 4.99. The van der Waals surface area contributed by atoms with E-state index in [0.29, 0.717) is 18.5 Å². The number of aliphatic carboxylic acids is 1. The summed E-state index contributed by atoms with van der Waals surface area (Å²) in [5.41, 5.74) is 1.30. The molecule has 41 heavy (non-hydrogen) atoms. The van der Waals surface area contributed by atoms with Gasteiger partial charge in [-0.15, -0.1) is 0 Å². The van der Waals surface area contributed by atoms with Crippen LogP contribution in [0.25, 0.3) is 0 Å². The number of benzene rings is 1. The van der Waals surface area contributed by atoms with E-state index in [4.69, 9.17) is 14.6 Å². The van der Waals surface area contributed by atoms with Gasteiger partial charge in [0.05, 0.1) is 30.5 Å². The number of nitro benzene ring substituents is 1. The van der Waals surface area contributed by atoms with Crippen molar-refractivity contribution >= 4 is 35.3 Å². The summed E-state index contributed by atoms with van der Waals surface area (Å²) in [6, 6.07) is 8.61. The average molecular weight is 586 g/mol. The van der Waals surface area contributed by atoms with Gasteiger partial charge in [0.1, 0.15) is 5.82 Å². The molecule has 4 N–H and O–H groups in total. The first-order valence-electron chi connectivity index (χ1n) is 12.2. The van der Waals surface area contributed by atoms with E-state index in [0.717, 1.165) is 11.4 Å². The number of carbonyl (C=O) groups excluding carboxylic acids is 3. The topological polar surface area (TPSA) is 190 Å². The molecule has 0 aliphatic carbocycles. The van der Waals surface area contributed by atoms with Crippen LogP contribution in [0.2, 0.25) is 0 Å². The molecule has 2 aromatic rings. The molecular weight excluding hydrogens is 555 g/mol. The lowest BCUT2D eigenvalue weighted by atomic mass is 10.0. The molecule has 1 atom stereocenters. The van der Waals surface area contributed by atoms with Crippen LogP contribution in [0.5, 0.6) is 0 Å². The van der Waals surface area contributed by atoms with Gasteiger partial charge in [0.15, 0.2) is 0 Å². The molecule has 0 bridgehead atoms. The van der Waals surface area contributed by atoms with E-state index in [2.05, 4.69) is 20.9 Å². The largest absolute Gasteiger partial charge is 0.490 e. The number of amides is 2. The van der Waals surface area contributed by atoms with E-state index in [-0.39, 0.29) is 37.6 Å². The fourth-order valence-corrected chi connectivity index (χ4v) is 3.10. The molecule has 0 saturated carbocycles. The number of carboxylic acids is 1. The second-order valence-electron chi connectivity index (χ2n) is 8.31. The molecular formula is C25H30F3N5O8. The summed E-state index contributed by atoms with van der Waals surface area (Å²) in [6.45, 7) is 4.03. The fraction of sp³-hybridized carbons (Fsp3) is 0.400. The molecule has 1 aromatic heterocycles. The van der Waals surface area contributed by atoms with Crippen molar-refractivity contribution in [3.8, 4) is 0 Å². The number of hydrogen-bond acceptors (Lipinski definition) is 9. The number of nitrogens with one attached hydrogen (secondary N) is 3. The number of nitrogens with zero attached hydrogens (tertiary/aromatic N) is 2. The second-order valence-corrected chi connectivity index (χ2v) is 8.31. The van der Waals surface area contributed by atoms with Gasteiger partial charge in [0, 0.05) is 31.3 Å². The number of rotatable bonds is 13. The summed E-state index contributed by atoms with van der Waals surface area (Å²) in [5.74, 6) is -3.41. The Morgan fingerprint density at radius 3 is 2.41 bits per heavy atom. The van der Waals surface area contributed by atoms with E-state index in [1.807, 2.05) is 19.1 Å². The number of halogens is 3. The maximum atomic E-state index is 12.4. The van der Waals surface area contributed by atoms with Gasteiger partial charge in [-0.25, -0.2) is 9.78 Å². The third-order valence-corrected chi connectivity index (χ3v) is 4.99. The molecule has 0 aliphatic rings. The molecule has 2 amide bonds. The highest BCUT2D eigenvalue weighted by Gasteiger charge is 2.38. The van der Waals surface area contributed by atoms with Crippen LogP contribution in [0.15, 0.2) is 42.6 Å². The van der Waals surface area contributed by atoms with Crippen molar-refractivity contribution in [3.05, 3.63) is 63.8 Å². The summed E-state index contributed by atoms with van der Waals surface area (Å²) < 4.78 is 36.7. The molecule has 0 radical (unpaired) electrons. The first-order chi connectivity index (χ1) is 19.2. The minimum Gasteiger partial charge on any atom is -0.475 e. The quantitative estimate of drug-likeness (QED) is 0.118. The highest BCUT2D eigenvalue weighted by Crippen LogP contribution is 2.22. The summed E-state index contributed by atoms with van der Waals surface area (Å²) in [7, 11) is 0. The fourth-order valence-electron chi connectivity index (χ4n) is 3.10. The SMILES string of the molecule is CCOC(=O)C[C@@H](NC(=O)CNC(=O)CCCNc1cc(C)ccn1)c1cccc([N+](=O)[O-])c1.O=C(O)C(F)(F)F. The molecule has 0 aliphatic heterocycles. The Hall–Kier alpha value is -4.76. The Morgan fingerprint density at radius 1 is 1.15 bits per heavy atom. The van der Waals surface area contributed by atoms with Gasteiger partial charge in [-0.1, -0.05) is 12.1 Å². The van der Waals surface area contributed by atoms with E-state index < -0.39 is 35.0 Å². The van der Waals surface area contributed by atoms with Gasteiger partial charge in [-0.05, 0) is 43.5 Å². The molecule has 224 valence electrons. The summed E-state index contributed by atoms with van der Waals surface area (Å²) in [5, 5.41) is 26.5. The predicted molar refractivity (Wildman–Crippen MR) is 139 cm³/mol. The Labute approximate surface area is 232 Å². The van der Waals surface area contributed by atoms with Gasteiger partial charge in [0.25, 0.3) is 5.69 Å². The number of non-ortho nitro benzene ring substituents is 1. The number of aromatic nitrogens is 1. The summed E-state index contributed by atoms with van der Waals surface area (Å²) >= 11 is 0. The van der Waals surface area contributed by atoms with Crippen LogP contribution in [-0.4, -0.2) is 64.6 Å². The van der Waals surface area contributed by atoms with Crippen molar-refractivity contribution in [3.63, 3.8) is 0 Å². The molecule has 0 unspecified atom stereocenters. The lowest BCUT2D eigenvalue weighted by Gasteiger charge is -2.18. The number of pyridine rings is 1. The summed E-state index contributed by atoms with van der Waals surface area (Å²) in [4.78, 5) is 60.0. The molecule has 2 rings (SSSR count). The Bertz CT molecular complexity index is 1210. The molecule has 1 heterocycles. The number of aryl methyl sites for hydroxylation is 1. The van der Waals surface area contributed by atoms with Gasteiger partial charge in [0.2, 0.25) is 11.8 Å². The van der Waals surface area contributed by atoms with Crippen molar-refractivity contribution in [2.75, 3.05) is 25.0 Å². The number of esters is 1. The van der Waals surface area contributed by atoms with Crippen molar-refractivity contribution in [2.45, 2.75) is 45.3 Å². The van der Waals surface area contributed by atoms with Gasteiger partial charge in [-0.3, -0.25) is 24.5 Å². The van der Waals surface area contributed by atoms with Gasteiger partial charge >= 0.3 is 18.1 Å². The highest BCUT2D eigenvalue weighted by molar-refractivity contribution is 5.85. The number of anilines is 1. The normalized spacial score (nSPS) is 11.2. The Morgan fingerprint density at radius 2 is 1.83 bits per heavy atom. The lowest BCUT2D eigenvalue weighted by Crippen LogP contribution is -2.39. The van der Waals surface area contributed by atoms with Crippen LogP contribution in [-0.2, 0) is 23.9 Å². The summed E-state index contributed by atoms with van der Waals surface area (Å²) in [6.07, 6.45) is -2.83. The van der Waals surface area contributed by atoms with Crippen molar-refractivity contribution in [2.24, 2.45) is 0 Å². The van der Waals surface area contributed by atoms with Crippen molar-refractivity contribution in [1.82, 2.24) is 15.6 Å². The standard InChI is InChI=1S/C23H29N5O6.C2HF3O2/c1-3-34-23(31)14-19(17-6-4-7-18(13-17)28(32)33)27-22(30)15-26-21(29)8-5-10-24-20-12-16(2)9-11-25-20;3-2(4,5)1(6)7/h4,6-7,9,11-13,19H,3,5,8,10,14-15H2,1-2H3,(H,24,25)(H,26,29)(H,27,30);(H,6,7)/t19-;/m1./s1. The highest BCUT2D eigenvalue weighted by atomic mass is 19.4.